The summed E-state index contributed by atoms with van der Waals surface area (Å²) in [6.07, 6.45) is 3.34. The fourth-order valence-electron chi connectivity index (χ4n) is 2.38. The maximum atomic E-state index is 5.77. The molecule has 0 saturated carbocycles. The highest BCUT2D eigenvalue weighted by Gasteiger charge is 2.29. The first-order valence-corrected chi connectivity index (χ1v) is 7.85. The first-order valence-electron chi connectivity index (χ1n) is 7.85. The van der Waals surface area contributed by atoms with Crippen molar-refractivity contribution in [1.82, 2.24) is 15.5 Å². The zero-order chi connectivity index (χ0) is 15.6. The van der Waals surface area contributed by atoms with Crippen molar-refractivity contribution in [3.8, 4) is 0 Å². The van der Waals surface area contributed by atoms with Gasteiger partial charge < -0.3 is 25.0 Å². The molecule has 22 heavy (non-hydrogen) atoms. The molecule has 1 aliphatic rings. The van der Waals surface area contributed by atoms with Crippen molar-refractivity contribution >= 4 is 29.9 Å². The molecule has 1 unspecified atom stereocenters. The van der Waals surface area contributed by atoms with Gasteiger partial charge in [-0.1, -0.05) is 0 Å². The van der Waals surface area contributed by atoms with E-state index in [1.807, 2.05) is 0 Å². The third-order valence-corrected chi connectivity index (χ3v) is 3.84. The van der Waals surface area contributed by atoms with Crippen LogP contribution in [0.25, 0.3) is 0 Å². The highest BCUT2D eigenvalue weighted by Crippen LogP contribution is 2.23. The van der Waals surface area contributed by atoms with Crippen LogP contribution < -0.4 is 10.6 Å². The number of nitrogens with zero attached hydrogens (tertiary/aromatic N) is 2. The van der Waals surface area contributed by atoms with E-state index in [0.29, 0.717) is 0 Å². The molecule has 2 N–H and O–H groups in total. The molecule has 0 aromatic heterocycles. The topological polar surface area (TPSA) is 58.1 Å². The van der Waals surface area contributed by atoms with E-state index in [-0.39, 0.29) is 29.6 Å². The largest absolute Gasteiger partial charge is 0.383 e. The van der Waals surface area contributed by atoms with Gasteiger partial charge in [-0.2, -0.15) is 0 Å². The van der Waals surface area contributed by atoms with Gasteiger partial charge in [0.1, 0.15) is 0 Å². The number of ether oxygens (including phenoxy) is 2. The van der Waals surface area contributed by atoms with Gasteiger partial charge in [-0.25, -0.2) is 0 Å². The average Bonchev–Trinajstić information content (AvgIpc) is 2.91. The zero-order valence-corrected chi connectivity index (χ0v) is 16.8. The standard InChI is InChI=1S/C15H32N4O2.HI/c1-15(7-5-11-21-15)13-18-14(16-2)17-8-6-9-19(3)10-12-20-4;/h5-13H2,1-4H3,(H2,16,17,18);1H. The van der Waals surface area contributed by atoms with Crippen LogP contribution in [0.1, 0.15) is 26.2 Å². The lowest BCUT2D eigenvalue weighted by atomic mass is 10.0. The van der Waals surface area contributed by atoms with Gasteiger partial charge in [0.25, 0.3) is 0 Å². The molecule has 0 amide bonds. The summed E-state index contributed by atoms with van der Waals surface area (Å²) in [6, 6.07) is 0. The predicted molar refractivity (Wildman–Crippen MR) is 102 cm³/mol. The molecule has 0 spiro atoms. The van der Waals surface area contributed by atoms with Gasteiger partial charge in [0.2, 0.25) is 0 Å². The van der Waals surface area contributed by atoms with E-state index < -0.39 is 0 Å². The van der Waals surface area contributed by atoms with Gasteiger partial charge in [-0.15, -0.1) is 24.0 Å². The molecular formula is C15H33IN4O2. The van der Waals surface area contributed by atoms with Crippen LogP contribution in [0.5, 0.6) is 0 Å². The molecule has 1 atom stereocenters. The third-order valence-electron chi connectivity index (χ3n) is 3.84. The maximum Gasteiger partial charge on any atom is 0.191 e. The fourth-order valence-corrected chi connectivity index (χ4v) is 2.38. The van der Waals surface area contributed by atoms with Crippen molar-refractivity contribution < 1.29 is 9.47 Å². The number of rotatable bonds is 9. The van der Waals surface area contributed by atoms with Crippen molar-refractivity contribution in [3.05, 3.63) is 0 Å². The Hall–Kier alpha value is -0.120. The molecule has 132 valence electrons. The van der Waals surface area contributed by atoms with Crippen molar-refractivity contribution in [3.63, 3.8) is 0 Å². The summed E-state index contributed by atoms with van der Waals surface area (Å²) >= 11 is 0. The Kier molecular flexibility index (Phi) is 12.3. The van der Waals surface area contributed by atoms with Crippen molar-refractivity contribution in [2.24, 2.45) is 4.99 Å². The van der Waals surface area contributed by atoms with Crippen LogP contribution >= 0.6 is 24.0 Å². The summed E-state index contributed by atoms with van der Waals surface area (Å²) in [5.74, 6) is 0.853. The predicted octanol–water partition coefficient (Wildman–Crippen LogP) is 1.31. The van der Waals surface area contributed by atoms with Gasteiger partial charge in [-0.3, -0.25) is 4.99 Å². The fraction of sp³-hybridized carbons (Fsp3) is 0.933. The van der Waals surface area contributed by atoms with Crippen LogP contribution in [0, 0.1) is 0 Å². The minimum absolute atomic E-state index is 0. The molecule has 1 heterocycles. The molecule has 6 nitrogen and oxygen atoms in total. The maximum absolute atomic E-state index is 5.77. The highest BCUT2D eigenvalue weighted by atomic mass is 127. The first-order chi connectivity index (χ1) is 10.1. The summed E-state index contributed by atoms with van der Waals surface area (Å²) in [4.78, 5) is 6.52. The number of nitrogens with one attached hydrogen (secondary N) is 2. The second-order valence-electron chi connectivity index (χ2n) is 5.90. The summed E-state index contributed by atoms with van der Waals surface area (Å²) < 4.78 is 10.8. The Labute approximate surface area is 152 Å². The van der Waals surface area contributed by atoms with E-state index in [0.717, 1.165) is 64.6 Å². The van der Waals surface area contributed by atoms with Crippen molar-refractivity contribution in [2.75, 3.05) is 60.6 Å². The van der Waals surface area contributed by atoms with Gasteiger partial charge in [0.15, 0.2) is 5.96 Å². The number of hydrogen-bond donors (Lipinski definition) is 2. The molecule has 1 aliphatic heterocycles. The van der Waals surface area contributed by atoms with Crippen LogP contribution in [0.15, 0.2) is 4.99 Å². The summed E-state index contributed by atoms with van der Waals surface area (Å²) in [7, 11) is 5.65. The molecule has 0 bridgehead atoms. The molecule has 7 heteroatoms. The van der Waals surface area contributed by atoms with E-state index in [4.69, 9.17) is 9.47 Å². The number of aliphatic imine (C=N–C) groups is 1. The second kappa shape index (κ2) is 12.3. The van der Waals surface area contributed by atoms with Crippen LogP contribution in [0.3, 0.4) is 0 Å². The Morgan fingerprint density at radius 2 is 2.14 bits per heavy atom. The van der Waals surface area contributed by atoms with Gasteiger partial charge in [0.05, 0.1) is 12.2 Å². The van der Waals surface area contributed by atoms with E-state index in [9.17, 15) is 0 Å². The van der Waals surface area contributed by atoms with Crippen molar-refractivity contribution in [2.45, 2.75) is 31.8 Å². The van der Waals surface area contributed by atoms with E-state index in [1.54, 1.807) is 14.2 Å². The normalized spacial score (nSPS) is 21.8. The molecule has 1 rings (SSSR count). The number of guanidine groups is 1. The molecule has 0 aliphatic carbocycles. The number of halogens is 1. The molecule has 0 aromatic carbocycles. The van der Waals surface area contributed by atoms with Crippen molar-refractivity contribution in [1.29, 1.82) is 0 Å². The highest BCUT2D eigenvalue weighted by molar-refractivity contribution is 14.0. The lowest BCUT2D eigenvalue weighted by Gasteiger charge is -2.24. The second-order valence-corrected chi connectivity index (χ2v) is 5.90. The van der Waals surface area contributed by atoms with Crippen LogP contribution in [0.4, 0.5) is 0 Å². The summed E-state index contributed by atoms with van der Waals surface area (Å²) in [5.41, 5.74) is -0.0437. The van der Waals surface area contributed by atoms with Crippen LogP contribution in [0.2, 0.25) is 0 Å². The Morgan fingerprint density at radius 3 is 2.73 bits per heavy atom. The number of methoxy groups -OCH3 is 1. The molecule has 1 saturated heterocycles. The third kappa shape index (κ3) is 9.12. The average molecular weight is 428 g/mol. The summed E-state index contributed by atoms with van der Waals surface area (Å²) in [6.45, 7) is 7.55. The van der Waals surface area contributed by atoms with E-state index in [2.05, 4.69) is 34.5 Å². The minimum Gasteiger partial charge on any atom is -0.383 e. The monoisotopic (exact) mass is 428 g/mol. The SMILES string of the molecule is CN=C(NCCCN(C)CCOC)NCC1(C)CCCO1.I. The number of hydrogen-bond acceptors (Lipinski definition) is 4. The van der Waals surface area contributed by atoms with E-state index >= 15 is 0 Å². The smallest absolute Gasteiger partial charge is 0.191 e. The van der Waals surface area contributed by atoms with Gasteiger partial charge in [-0.05, 0) is 39.8 Å². The molecular weight excluding hydrogens is 395 g/mol. The van der Waals surface area contributed by atoms with Gasteiger partial charge in [0, 0.05) is 40.4 Å². The zero-order valence-electron chi connectivity index (χ0n) is 14.5. The summed E-state index contributed by atoms with van der Waals surface area (Å²) in [5, 5.41) is 6.70. The molecule has 1 fully saturated rings. The first kappa shape index (κ1) is 21.9. The lowest BCUT2D eigenvalue weighted by Crippen LogP contribution is -2.46. The number of likely N-dealkylation sites (N-methyl/N-ethyl adjacent to an activating group) is 1. The van der Waals surface area contributed by atoms with E-state index in [1.165, 1.54) is 0 Å². The molecule has 0 aromatic rings. The van der Waals surface area contributed by atoms with Gasteiger partial charge >= 0.3 is 0 Å². The van der Waals surface area contributed by atoms with Crippen LogP contribution in [-0.4, -0.2) is 77.1 Å². The molecule has 0 radical (unpaired) electrons. The van der Waals surface area contributed by atoms with Crippen LogP contribution in [-0.2, 0) is 9.47 Å². The minimum atomic E-state index is -0.0437. The quantitative estimate of drug-likeness (QED) is 0.251. The Morgan fingerprint density at radius 1 is 1.36 bits per heavy atom. The Balaban J connectivity index is 0.00000441. The Bertz CT molecular complexity index is 310. The lowest BCUT2D eigenvalue weighted by molar-refractivity contribution is 0.0243.